The first-order chi connectivity index (χ1) is 9.08. The first-order valence-electron chi connectivity index (χ1n) is 6.41. The zero-order valence-electron chi connectivity index (χ0n) is 10.9. The predicted molar refractivity (Wildman–Crippen MR) is 72.2 cm³/mol. The van der Waals surface area contributed by atoms with Crippen LogP contribution < -0.4 is 10.2 Å². The summed E-state index contributed by atoms with van der Waals surface area (Å²) >= 11 is 0. The summed E-state index contributed by atoms with van der Waals surface area (Å²) in [6.45, 7) is 3.31. The molecule has 1 atom stereocenters. The van der Waals surface area contributed by atoms with E-state index in [4.69, 9.17) is 5.11 Å². The number of carboxylic acids is 1. The van der Waals surface area contributed by atoms with Crippen LogP contribution in [0.25, 0.3) is 0 Å². The summed E-state index contributed by atoms with van der Waals surface area (Å²) in [6, 6.07) is 7.54. The van der Waals surface area contributed by atoms with Gasteiger partial charge in [-0.25, -0.2) is 0 Å². The lowest BCUT2D eigenvalue weighted by molar-refractivity contribution is -0.137. The fourth-order valence-electron chi connectivity index (χ4n) is 2.31. The van der Waals surface area contributed by atoms with E-state index in [1.165, 1.54) is 0 Å². The van der Waals surface area contributed by atoms with E-state index in [1.54, 1.807) is 0 Å². The molecule has 1 amide bonds. The minimum atomic E-state index is -0.873. The zero-order chi connectivity index (χ0) is 13.8. The predicted octanol–water partition coefficient (Wildman–Crippen LogP) is 1.16. The number of anilines is 1. The normalized spacial score (nSPS) is 19.1. The average Bonchev–Trinajstić information content (AvgIpc) is 2.38. The van der Waals surface area contributed by atoms with E-state index in [1.807, 2.05) is 36.1 Å². The number of aliphatic carboxylic acids is 1. The maximum atomic E-state index is 11.9. The summed E-state index contributed by atoms with van der Waals surface area (Å²) in [6.07, 6.45) is 0.329. The number of hydrogen-bond donors (Lipinski definition) is 2. The lowest BCUT2D eigenvalue weighted by Gasteiger charge is -2.36. The number of carbonyl (C=O) groups is 2. The maximum absolute atomic E-state index is 11.9. The van der Waals surface area contributed by atoms with E-state index < -0.39 is 12.0 Å². The van der Waals surface area contributed by atoms with Crippen LogP contribution in [-0.4, -0.2) is 36.1 Å². The van der Waals surface area contributed by atoms with Gasteiger partial charge in [0, 0.05) is 25.2 Å². The number of nitrogens with one attached hydrogen (secondary N) is 1. The molecule has 0 aromatic heterocycles. The van der Waals surface area contributed by atoms with E-state index in [9.17, 15) is 9.59 Å². The minimum Gasteiger partial charge on any atom is -0.481 e. The van der Waals surface area contributed by atoms with Crippen molar-refractivity contribution in [3.05, 3.63) is 29.8 Å². The molecule has 1 aromatic carbocycles. The standard InChI is InChI=1S/C14H18N2O3/c1-10-2-4-11(5-3-10)16-9-8-15-14(19)12(16)6-7-13(17)18/h2-5,12H,6-9H2,1H3,(H,15,19)(H,17,18). The van der Waals surface area contributed by atoms with Gasteiger partial charge < -0.3 is 15.3 Å². The summed E-state index contributed by atoms with van der Waals surface area (Å²) in [5.41, 5.74) is 2.13. The van der Waals surface area contributed by atoms with Gasteiger partial charge in [-0.2, -0.15) is 0 Å². The van der Waals surface area contributed by atoms with E-state index in [-0.39, 0.29) is 12.3 Å². The summed E-state index contributed by atoms with van der Waals surface area (Å²) < 4.78 is 0. The van der Waals surface area contributed by atoms with Crippen LogP contribution in [0, 0.1) is 6.92 Å². The summed E-state index contributed by atoms with van der Waals surface area (Å²) in [5.74, 6) is -0.963. The van der Waals surface area contributed by atoms with Crippen molar-refractivity contribution in [2.45, 2.75) is 25.8 Å². The molecular weight excluding hydrogens is 244 g/mol. The Hall–Kier alpha value is -2.04. The van der Waals surface area contributed by atoms with Gasteiger partial charge in [0.1, 0.15) is 6.04 Å². The summed E-state index contributed by atoms with van der Waals surface area (Å²) in [4.78, 5) is 24.6. The molecule has 2 rings (SSSR count). The SMILES string of the molecule is Cc1ccc(N2CCNC(=O)C2CCC(=O)O)cc1. The molecular formula is C14H18N2O3. The minimum absolute atomic E-state index is 0.000444. The van der Waals surface area contributed by atoms with Crippen molar-refractivity contribution >= 4 is 17.6 Å². The average molecular weight is 262 g/mol. The molecule has 1 aromatic rings. The summed E-state index contributed by atoms with van der Waals surface area (Å²) in [5, 5.41) is 11.6. The largest absolute Gasteiger partial charge is 0.481 e. The van der Waals surface area contributed by atoms with E-state index >= 15 is 0 Å². The third-order valence-corrected chi connectivity index (χ3v) is 3.33. The van der Waals surface area contributed by atoms with Crippen molar-refractivity contribution in [1.29, 1.82) is 0 Å². The Labute approximate surface area is 112 Å². The molecule has 0 bridgehead atoms. The van der Waals surface area contributed by atoms with Gasteiger partial charge in [-0.3, -0.25) is 9.59 Å². The molecule has 1 fully saturated rings. The second kappa shape index (κ2) is 5.73. The molecule has 1 saturated heterocycles. The van der Waals surface area contributed by atoms with Crippen molar-refractivity contribution in [3.63, 3.8) is 0 Å². The number of carboxylic acid groups (broad SMARTS) is 1. The number of aryl methyl sites for hydroxylation is 1. The van der Waals surface area contributed by atoms with Crippen LogP contribution in [-0.2, 0) is 9.59 Å². The van der Waals surface area contributed by atoms with Crippen LogP contribution in [0.2, 0.25) is 0 Å². The Morgan fingerprint density at radius 1 is 1.42 bits per heavy atom. The third-order valence-electron chi connectivity index (χ3n) is 3.33. The molecule has 5 nitrogen and oxygen atoms in total. The smallest absolute Gasteiger partial charge is 0.303 e. The molecule has 19 heavy (non-hydrogen) atoms. The van der Waals surface area contributed by atoms with Gasteiger partial charge in [-0.1, -0.05) is 17.7 Å². The zero-order valence-corrected chi connectivity index (χ0v) is 10.9. The van der Waals surface area contributed by atoms with Gasteiger partial charge in [0.25, 0.3) is 0 Å². The van der Waals surface area contributed by atoms with E-state index in [0.29, 0.717) is 19.5 Å². The number of piperazine rings is 1. The Morgan fingerprint density at radius 2 is 2.11 bits per heavy atom. The van der Waals surface area contributed by atoms with Gasteiger partial charge in [0.05, 0.1) is 0 Å². The van der Waals surface area contributed by atoms with Crippen LogP contribution in [0.4, 0.5) is 5.69 Å². The first-order valence-corrected chi connectivity index (χ1v) is 6.41. The number of hydrogen-bond acceptors (Lipinski definition) is 3. The molecule has 1 heterocycles. The van der Waals surface area contributed by atoms with Crippen LogP contribution in [0.1, 0.15) is 18.4 Å². The van der Waals surface area contributed by atoms with Crippen molar-refractivity contribution in [2.75, 3.05) is 18.0 Å². The van der Waals surface area contributed by atoms with Crippen molar-refractivity contribution in [3.8, 4) is 0 Å². The van der Waals surface area contributed by atoms with E-state index in [0.717, 1.165) is 11.3 Å². The first kappa shape index (κ1) is 13.4. The molecule has 0 aliphatic carbocycles. The number of benzene rings is 1. The lowest BCUT2D eigenvalue weighted by atomic mass is 10.0. The van der Waals surface area contributed by atoms with E-state index in [2.05, 4.69) is 5.32 Å². The number of rotatable bonds is 4. The number of amides is 1. The van der Waals surface area contributed by atoms with Crippen molar-refractivity contribution in [2.24, 2.45) is 0 Å². The quantitative estimate of drug-likeness (QED) is 0.854. The molecule has 0 saturated carbocycles. The molecule has 0 spiro atoms. The van der Waals surface area contributed by atoms with Gasteiger partial charge >= 0.3 is 5.97 Å². The monoisotopic (exact) mass is 262 g/mol. The van der Waals surface area contributed by atoms with Crippen LogP contribution in [0.3, 0.4) is 0 Å². The molecule has 1 aliphatic rings. The third kappa shape index (κ3) is 3.24. The molecule has 5 heteroatoms. The van der Waals surface area contributed by atoms with Crippen molar-refractivity contribution in [1.82, 2.24) is 5.32 Å². The Bertz CT molecular complexity index is 470. The van der Waals surface area contributed by atoms with Gasteiger partial charge in [-0.15, -0.1) is 0 Å². The molecule has 2 N–H and O–H groups in total. The number of carbonyl (C=O) groups excluding carboxylic acids is 1. The fourth-order valence-corrected chi connectivity index (χ4v) is 2.31. The van der Waals surface area contributed by atoms with Crippen LogP contribution in [0.15, 0.2) is 24.3 Å². The highest BCUT2D eigenvalue weighted by atomic mass is 16.4. The highest BCUT2D eigenvalue weighted by molar-refractivity contribution is 5.87. The molecule has 1 aliphatic heterocycles. The lowest BCUT2D eigenvalue weighted by Crippen LogP contribution is -2.55. The second-order valence-corrected chi connectivity index (χ2v) is 4.77. The topological polar surface area (TPSA) is 69.6 Å². The Balaban J connectivity index is 2.17. The Kier molecular flexibility index (Phi) is 4.04. The van der Waals surface area contributed by atoms with Gasteiger partial charge in [0.15, 0.2) is 0 Å². The van der Waals surface area contributed by atoms with Gasteiger partial charge in [0.2, 0.25) is 5.91 Å². The van der Waals surface area contributed by atoms with Crippen molar-refractivity contribution < 1.29 is 14.7 Å². The van der Waals surface area contributed by atoms with Gasteiger partial charge in [-0.05, 0) is 25.5 Å². The summed E-state index contributed by atoms with van der Waals surface area (Å²) in [7, 11) is 0. The fraction of sp³-hybridized carbons (Fsp3) is 0.429. The maximum Gasteiger partial charge on any atom is 0.303 e. The second-order valence-electron chi connectivity index (χ2n) is 4.77. The molecule has 102 valence electrons. The molecule has 1 unspecified atom stereocenters. The highest BCUT2D eigenvalue weighted by Gasteiger charge is 2.29. The molecule has 0 radical (unpaired) electrons. The Morgan fingerprint density at radius 3 is 2.74 bits per heavy atom. The number of nitrogens with zero attached hydrogens (tertiary/aromatic N) is 1. The van der Waals surface area contributed by atoms with Crippen LogP contribution >= 0.6 is 0 Å². The highest BCUT2D eigenvalue weighted by Crippen LogP contribution is 2.21. The van der Waals surface area contributed by atoms with Crippen LogP contribution in [0.5, 0.6) is 0 Å².